The van der Waals surface area contributed by atoms with E-state index in [0.717, 1.165) is 16.6 Å². The second kappa shape index (κ2) is 9.36. The number of carbonyl (C=O) groups is 2. The Balaban J connectivity index is 1.86. The molecule has 0 bridgehead atoms. The first kappa shape index (κ1) is 20.6. The Morgan fingerprint density at radius 3 is 2.66 bits per heavy atom. The van der Waals surface area contributed by atoms with Gasteiger partial charge >= 0.3 is 12.0 Å². The van der Waals surface area contributed by atoms with Gasteiger partial charge in [-0.1, -0.05) is 23.7 Å². The summed E-state index contributed by atoms with van der Waals surface area (Å²) in [6.07, 6.45) is 0.156. The van der Waals surface area contributed by atoms with Crippen LogP contribution < -0.4 is 20.3 Å². The molecule has 29 heavy (non-hydrogen) atoms. The molecule has 0 aliphatic carbocycles. The topological polar surface area (TPSA) is 77.1 Å². The van der Waals surface area contributed by atoms with E-state index in [1.165, 1.54) is 0 Å². The van der Waals surface area contributed by atoms with E-state index < -0.39 is 0 Å². The SMILES string of the molecule is Bc1ccc(Oc2cc(CC(=O)OCC)ccc2OC)c(CN2CCNC2=O)c1. The Hall–Kier alpha value is -3.16. The van der Waals surface area contributed by atoms with Crippen molar-refractivity contribution < 1.29 is 23.8 Å². The van der Waals surface area contributed by atoms with Crippen LogP contribution in [0.5, 0.6) is 17.2 Å². The molecule has 1 heterocycles. The van der Waals surface area contributed by atoms with Crippen LogP contribution in [-0.4, -0.2) is 51.6 Å². The second-order valence-electron chi connectivity index (χ2n) is 6.83. The van der Waals surface area contributed by atoms with Crippen LogP contribution in [0.1, 0.15) is 18.1 Å². The van der Waals surface area contributed by atoms with Gasteiger partial charge in [-0.05, 0) is 30.7 Å². The fourth-order valence-corrected chi connectivity index (χ4v) is 3.21. The number of carbonyl (C=O) groups excluding carboxylic acids is 2. The molecule has 8 heteroatoms. The predicted molar refractivity (Wildman–Crippen MR) is 112 cm³/mol. The maximum Gasteiger partial charge on any atom is 0.317 e. The molecule has 0 radical (unpaired) electrons. The molecule has 2 aromatic carbocycles. The van der Waals surface area contributed by atoms with Crippen molar-refractivity contribution in [1.29, 1.82) is 0 Å². The monoisotopic (exact) mass is 396 g/mol. The summed E-state index contributed by atoms with van der Waals surface area (Å²) in [7, 11) is 3.57. The number of benzene rings is 2. The first-order valence-corrected chi connectivity index (χ1v) is 9.63. The number of amides is 2. The van der Waals surface area contributed by atoms with E-state index in [1.54, 1.807) is 31.1 Å². The smallest absolute Gasteiger partial charge is 0.317 e. The Morgan fingerprint density at radius 2 is 1.97 bits per heavy atom. The number of methoxy groups -OCH3 is 1. The van der Waals surface area contributed by atoms with Crippen LogP contribution >= 0.6 is 0 Å². The third-order valence-corrected chi connectivity index (χ3v) is 4.62. The van der Waals surface area contributed by atoms with Gasteiger partial charge in [0, 0.05) is 18.7 Å². The third kappa shape index (κ3) is 5.22. The van der Waals surface area contributed by atoms with E-state index in [9.17, 15) is 9.59 Å². The molecular formula is C21H25BN2O5. The molecule has 1 saturated heterocycles. The molecule has 2 amide bonds. The van der Waals surface area contributed by atoms with Crippen LogP contribution in [0, 0.1) is 0 Å². The van der Waals surface area contributed by atoms with Crippen molar-refractivity contribution in [3.8, 4) is 17.2 Å². The molecule has 0 spiro atoms. The van der Waals surface area contributed by atoms with Gasteiger partial charge in [0.05, 0.1) is 26.7 Å². The van der Waals surface area contributed by atoms with Crippen molar-refractivity contribution in [3.05, 3.63) is 47.5 Å². The number of nitrogens with one attached hydrogen (secondary N) is 1. The Kier molecular flexibility index (Phi) is 6.64. The number of hydrogen-bond acceptors (Lipinski definition) is 5. The zero-order valence-electron chi connectivity index (χ0n) is 17.0. The van der Waals surface area contributed by atoms with Crippen molar-refractivity contribution in [3.63, 3.8) is 0 Å². The molecule has 0 atom stereocenters. The number of esters is 1. The lowest BCUT2D eigenvalue weighted by Crippen LogP contribution is -2.28. The third-order valence-electron chi connectivity index (χ3n) is 4.62. The van der Waals surface area contributed by atoms with Crippen molar-refractivity contribution in [1.82, 2.24) is 10.2 Å². The van der Waals surface area contributed by atoms with Gasteiger partial charge in [-0.3, -0.25) is 4.79 Å². The van der Waals surface area contributed by atoms with E-state index in [-0.39, 0.29) is 18.4 Å². The Labute approximate surface area is 171 Å². The fourth-order valence-electron chi connectivity index (χ4n) is 3.21. The average Bonchev–Trinajstić information content (AvgIpc) is 3.09. The summed E-state index contributed by atoms with van der Waals surface area (Å²) in [6.45, 7) is 3.87. The van der Waals surface area contributed by atoms with Crippen LogP contribution in [0.3, 0.4) is 0 Å². The van der Waals surface area contributed by atoms with Gasteiger partial charge in [0.25, 0.3) is 0 Å². The summed E-state index contributed by atoms with van der Waals surface area (Å²) < 4.78 is 16.6. The van der Waals surface area contributed by atoms with Crippen LogP contribution in [0.2, 0.25) is 0 Å². The lowest BCUT2D eigenvalue weighted by molar-refractivity contribution is -0.142. The molecule has 7 nitrogen and oxygen atoms in total. The Morgan fingerprint density at radius 1 is 1.17 bits per heavy atom. The minimum atomic E-state index is -0.292. The van der Waals surface area contributed by atoms with Gasteiger partial charge in [0.15, 0.2) is 11.5 Å². The van der Waals surface area contributed by atoms with Gasteiger partial charge in [-0.2, -0.15) is 0 Å². The van der Waals surface area contributed by atoms with Gasteiger partial charge in [-0.15, -0.1) is 0 Å². The van der Waals surface area contributed by atoms with E-state index in [4.69, 9.17) is 14.2 Å². The second-order valence-corrected chi connectivity index (χ2v) is 6.83. The highest BCUT2D eigenvalue weighted by Crippen LogP contribution is 2.34. The number of nitrogens with zero attached hydrogens (tertiary/aromatic N) is 1. The van der Waals surface area contributed by atoms with E-state index in [2.05, 4.69) is 5.32 Å². The summed E-state index contributed by atoms with van der Waals surface area (Å²) in [5.74, 6) is 1.41. The average molecular weight is 396 g/mol. The molecular weight excluding hydrogens is 371 g/mol. The number of urea groups is 1. The molecule has 0 unspecified atom stereocenters. The number of rotatable bonds is 8. The predicted octanol–water partition coefficient (Wildman–Crippen LogP) is 1.38. The standard InChI is InChI=1S/C21H25BN2O5/c1-3-28-20(25)11-14-4-6-18(27-2)19(10-14)29-17-7-5-16(22)12-15(17)13-24-9-8-23-21(24)26/h4-7,10,12H,3,8-9,11,13,22H2,1-2H3,(H,23,26). The zero-order valence-corrected chi connectivity index (χ0v) is 17.0. The number of ether oxygens (including phenoxy) is 3. The maximum absolute atomic E-state index is 11.9. The summed E-state index contributed by atoms with van der Waals surface area (Å²) in [6, 6.07) is 11.1. The van der Waals surface area contributed by atoms with Gasteiger partial charge < -0.3 is 24.4 Å². The minimum absolute atomic E-state index is 0.0773. The highest BCUT2D eigenvalue weighted by atomic mass is 16.5. The molecule has 1 aliphatic rings. The van der Waals surface area contributed by atoms with Crippen LogP contribution in [0.15, 0.2) is 36.4 Å². The summed E-state index contributed by atoms with van der Waals surface area (Å²) in [4.78, 5) is 25.5. The molecule has 3 rings (SSSR count). The Bertz CT molecular complexity index is 903. The zero-order chi connectivity index (χ0) is 20.8. The largest absolute Gasteiger partial charge is 0.493 e. The van der Waals surface area contributed by atoms with E-state index in [0.29, 0.717) is 43.5 Å². The first-order chi connectivity index (χ1) is 14.0. The lowest BCUT2D eigenvalue weighted by Gasteiger charge is -2.19. The summed E-state index contributed by atoms with van der Waals surface area (Å²) in [5.41, 5.74) is 2.75. The van der Waals surface area contributed by atoms with Crippen LogP contribution in [0.25, 0.3) is 0 Å². The first-order valence-electron chi connectivity index (χ1n) is 9.63. The summed E-state index contributed by atoms with van der Waals surface area (Å²) in [5, 5.41) is 2.81. The molecule has 152 valence electrons. The minimum Gasteiger partial charge on any atom is -0.493 e. The summed E-state index contributed by atoms with van der Waals surface area (Å²) >= 11 is 0. The van der Waals surface area contributed by atoms with Crippen molar-refractivity contribution >= 4 is 25.3 Å². The molecule has 0 saturated carbocycles. The molecule has 1 fully saturated rings. The van der Waals surface area contributed by atoms with Crippen molar-refractivity contribution in [2.75, 3.05) is 26.8 Å². The maximum atomic E-state index is 11.9. The molecule has 2 aromatic rings. The van der Waals surface area contributed by atoms with Crippen LogP contribution in [0.4, 0.5) is 4.79 Å². The van der Waals surface area contributed by atoms with Gasteiger partial charge in [0.1, 0.15) is 13.6 Å². The fraction of sp³-hybridized carbons (Fsp3) is 0.333. The van der Waals surface area contributed by atoms with Crippen molar-refractivity contribution in [2.24, 2.45) is 0 Å². The molecule has 1 aliphatic heterocycles. The lowest BCUT2D eigenvalue weighted by atomic mass is 9.94. The number of hydrogen-bond donors (Lipinski definition) is 1. The molecule has 1 N–H and O–H groups in total. The highest BCUT2D eigenvalue weighted by molar-refractivity contribution is 6.32. The molecule has 0 aromatic heterocycles. The quantitative estimate of drug-likeness (QED) is 0.539. The van der Waals surface area contributed by atoms with Crippen molar-refractivity contribution in [2.45, 2.75) is 19.9 Å². The van der Waals surface area contributed by atoms with E-state index >= 15 is 0 Å². The van der Waals surface area contributed by atoms with E-state index in [1.807, 2.05) is 32.1 Å². The normalized spacial score (nSPS) is 13.2. The van der Waals surface area contributed by atoms with Crippen LogP contribution in [-0.2, 0) is 22.5 Å². The van der Waals surface area contributed by atoms with Gasteiger partial charge in [-0.25, -0.2) is 4.79 Å². The van der Waals surface area contributed by atoms with Gasteiger partial charge in [0.2, 0.25) is 0 Å². The highest BCUT2D eigenvalue weighted by Gasteiger charge is 2.21.